The summed E-state index contributed by atoms with van der Waals surface area (Å²) in [4.78, 5) is 12.6. The Kier molecular flexibility index (Phi) is 7.60. The third-order valence-corrected chi connectivity index (χ3v) is 4.98. The first kappa shape index (κ1) is 22.3. The van der Waals surface area contributed by atoms with E-state index in [1.54, 1.807) is 66.7 Å². The molecule has 0 saturated heterocycles. The normalized spacial score (nSPS) is 11.6. The minimum Gasteiger partial charge on any atom is -0.457 e. The molecule has 5 nitrogen and oxygen atoms in total. The lowest BCUT2D eigenvalue weighted by molar-refractivity contribution is -0.117. The molecule has 0 aliphatic heterocycles. The first-order valence-corrected chi connectivity index (χ1v) is 10.1. The van der Waals surface area contributed by atoms with Crippen molar-refractivity contribution in [1.29, 1.82) is 5.26 Å². The van der Waals surface area contributed by atoms with E-state index in [1.807, 2.05) is 0 Å². The number of carbonyl (C=O) groups is 1. The highest BCUT2D eigenvalue weighted by Crippen LogP contribution is 2.29. The number of hydrogen-bond donors (Lipinski definition) is 1. The lowest BCUT2D eigenvalue weighted by Crippen LogP contribution is -2.19. The van der Waals surface area contributed by atoms with Gasteiger partial charge in [-0.05, 0) is 30.3 Å². The number of alkyl halides is 2. The third kappa shape index (κ3) is 6.28. The van der Waals surface area contributed by atoms with Crippen LogP contribution in [0.4, 0.5) is 8.78 Å². The van der Waals surface area contributed by atoms with Gasteiger partial charge in [0.2, 0.25) is 0 Å². The Bertz CT molecular complexity index is 1170. The maximum atomic E-state index is 12.4. The summed E-state index contributed by atoms with van der Waals surface area (Å²) in [6.07, 6.45) is 2.65. The van der Waals surface area contributed by atoms with Gasteiger partial charge in [-0.1, -0.05) is 53.7 Å². The van der Waals surface area contributed by atoms with E-state index in [-0.39, 0.29) is 11.3 Å². The second-order valence-corrected chi connectivity index (χ2v) is 7.47. The number of hydrogen-bond acceptors (Lipinski definition) is 5. The van der Waals surface area contributed by atoms with Crippen LogP contribution in [0.3, 0.4) is 0 Å². The number of benzene rings is 2. The van der Waals surface area contributed by atoms with Crippen LogP contribution in [0.15, 0.2) is 80.7 Å². The summed E-state index contributed by atoms with van der Waals surface area (Å²) in [6.45, 7) is 0. The molecule has 0 atom stereocenters. The van der Waals surface area contributed by atoms with Crippen LogP contribution in [-0.2, 0) is 4.79 Å². The highest BCUT2D eigenvalue weighted by Gasteiger charge is 2.11. The van der Waals surface area contributed by atoms with E-state index in [1.165, 1.54) is 12.3 Å². The van der Waals surface area contributed by atoms with Crippen molar-refractivity contribution >= 4 is 41.6 Å². The predicted octanol–water partition coefficient (Wildman–Crippen LogP) is 5.97. The molecule has 0 spiro atoms. The Morgan fingerprint density at radius 3 is 2.58 bits per heavy atom. The zero-order chi connectivity index (χ0) is 22.2. The average molecular weight is 458 g/mol. The van der Waals surface area contributed by atoms with E-state index >= 15 is 0 Å². The van der Waals surface area contributed by atoms with Gasteiger partial charge in [-0.2, -0.15) is 19.1 Å². The summed E-state index contributed by atoms with van der Waals surface area (Å²) in [7, 11) is 0. The van der Waals surface area contributed by atoms with Crippen molar-refractivity contribution in [3.63, 3.8) is 0 Å². The number of nitrogens with zero attached hydrogens (tertiary/aromatic N) is 2. The number of nitrogens with one attached hydrogen (secondary N) is 1. The fourth-order valence-electron chi connectivity index (χ4n) is 2.48. The standard InChI is InChI=1S/C22H14ClF2N3O2S/c23-19-4-2-1-3-15(19)13-27-28-21(29)16(12-26)11-17-7-10-20(30-17)14-5-8-18(9-6-14)31-22(24)25/h1-11,13,22H,(H,28,29)/b16-11+,27-13-. The second kappa shape index (κ2) is 10.6. The number of halogens is 3. The van der Waals surface area contributed by atoms with Crippen molar-refractivity contribution in [2.24, 2.45) is 5.10 Å². The molecule has 3 rings (SSSR count). The number of amides is 1. The molecule has 0 fully saturated rings. The average Bonchev–Trinajstić information content (AvgIpc) is 3.22. The maximum absolute atomic E-state index is 12.4. The monoisotopic (exact) mass is 457 g/mol. The lowest BCUT2D eigenvalue weighted by atomic mass is 10.2. The van der Waals surface area contributed by atoms with Crippen LogP contribution in [0.2, 0.25) is 5.02 Å². The van der Waals surface area contributed by atoms with Crippen LogP contribution in [0.1, 0.15) is 11.3 Å². The Hall–Kier alpha value is -3.41. The molecule has 9 heteroatoms. The van der Waals surface area contributed by atoms with Crippen LogP contribution < -0.4 is 5.43 Å². The van der Waals surface area contributed by atoms with Gasteiger partial charge in [-0.15, -0.1) is 0 Å². The topological polar surface area (TPSA) is 78.4 Å². The summed E-state index contributed by atoms with van der Waals surface area (Å²) in [5.41, 5.74) is 3.34. The highest BCUT2D eigenvalue weighted by atomic mass is 35.5. The number of thioether (sulfide) groups is 1. The molecule has 0 unspecified atom stereocenters. The van der Waals surface area contributed by atoms with Gasteiger partial charge < -0.3 is 4.42 Å². The molecule has 2 aromatic carbocycles. The lowest BCUT2D eigenvalue weighted by Gasteiger charge is -2.01. The zero-order valence-corrected chi connectivity index (χ0v) is 17.3. The zero-order valence-electron chi connectivity index (χ0n) is 15.8. The summed E-state index contributed by atoms with van der Waals surface area (Å²) < 4.78 is 30.5. The third-order valence-electron chi connectivity index (χ3n) is 3.92. The fourth-order valence-corrected chi connectivity index (χ4v) is 3.16. The van der Waals surface area contributed by atoms with Gasteiger partial charge in [0.15, 0.2) is 0 Å². The van der Waals surface area contributed by atoms with Gasteiger partial charge in [-0.25, -0.2) is 5.43 Å². The second-order valence-electron chi connectivity index (χ2n) is 6.00. The van der Waals surface area contributed by atoms with Gasteiger partial charge in [0.1, 0.15) is 23.2 Å². The van der Waals surface area contributed by atoms with Crippen LogP contribution in [0.5, 0.6) is 0 Å². The molecule has 1 N–H and O–H groups in total. The molecule has 0 aliphatic carbocycles. The van der Waals surface area contributed by atoms with Gasteiger partial charge >= 0.3 is 0 Å². The summed E-state index contributed by atoms with van der Waals surface area (Å²) in [5, 5.41) is 13.6. The molecule has 1 aromatic heterocycles. The number of nitriles is 1. The quantitative estimate of drug-likeness (QED) is 0.156. The molecule has 3 aromatic rings. The van der Waals surface area contributed by atoms with E-state index in [9.17, 15) is 18.8 Å². The molecular weight excluding hydrogens is 444 g/mol. The minimum atomic E-state index is -2.49. The molecule has 1 amide bonds. The van der Waals surface area contributed by atoms with Crippen LogP contribution >= 0.6 is 23.4 Å². The Morgan fingerprint density at radius 2 is 1.90 bits per heavy atom. The predicted molar refractivity (Wildman–Crippen MR) is 117 cm³/mol. The van der Waals surface area contributed by atoms with E-state index in [0.717, 1.165) is 0 Å². The largest absolute Gasteiger partial charge is 0.457 e. The van der Waals surface area contributed by atoms with Crippen molar-refractivity contribution in [3.05, 3.63) is 82.6 Å². The first-order valence-electron chi connectivity index (χ1n) is 8.81. The van der Waals surface area contributed by atoms with E-state index in [4.69, 9.17) is 16.0 Å². The minimum absolute atomic E-state index is 0.208. The number of carbonyl (C=O) groups excluding carboxylic acids is 1. The number of hydrazone groups is 1. The van der Waals surface area contributed by atoms with Gasteiger partial charge in [-0.3, -0.25) is 4.79 Å². The maximum Gasteiger partial charge on any atom is 0.288 e. The molecule has 0 aliphatic rings. The van der Waals surface area contributed by atoms with Crippen molar-refractivity contribution in [3.8, 4) is 17.4 Å². The summed E-state index contributed by atoms with van der Waals surface area (Å²) in [6, 6.07) is 18.4. The molecule has 31 heavy (non-hydrogen) atoms. The van der Waals surface area contributed by atoms with Crippen molar-refractivity contribution in [2.75, 3.05) is 0 Å². The summed E-state index contributed by atoms with van der Waals surface area (Å²) in [5.74, 6) is -2.45. The molecule has 0 radical (unpaired) electrons. The molecule has 1 heterocycles. The van der Waals surface area contributed by atoms with Crippen LogP contribution in [-0.4, -0.2) is 17.9 Å². The fraction of sp³-hybridized carbons (Fsp3) is 0.0455. The smallest absolute Gasteiger partial charge is 0.288 e. The Labute approximate surface area is 186 Å². The van der Waals surface area contributed by atoms with Crippen LogP contribution in [0, 0.1) is 11.3 Å². The van der Waals surface area contributed by atoms with Gasteiger partial charge in [0.05, 0.1) is 6.21 Å². The molecule has 156 valence electrons. The van der Waals surface area contributed by atoms with Crippen molar-refractivity contribution in [1.82, 2.24) is 5.43 Å². The SMILES string of the molecule is N#C/C(=C\c1ccc(-c2ccc(SC(F)F)cc2)o1)C(=O)N/N=C\c1ccccc1Cl. The van der Waals surface area contributed by atoms with E-state index in [0.29, 0.717) is 38.6 Å². The van der Waals surface area contributed by atoms with E-state index < -0.39 is 11.7 Å². The summed E-state index contributed by atoms with van der Waals surface area (Å²) >= 11 is 6.46. The van der Waals surface area contributed by atoms with E-state index in [2.05, 4.69) is 10.5 Å². The van der Waals surface area contributed by atoms with Crippen molar-refractivity contribution in [2.45, 2.75) is 10.7 Å². The van der Waals surface area contributed by atoms with Gasteiger partial charge in [0.25, 0.3) is 11.7 Å². The first-order chi connectivity index (χ1) is 15.0. The van der Waals surface area contributed by atoms with Crippen molar-refractivity contribution < 1.29 is 18.0 Å². The highest BCUT2D eigenvalue weighted by molar-refractivity contribution is 7.99. The number of rotatable bonds is 7. The number of furan rings is 1. The Morgan fingerprint density at radius 1 is 1.16 bits per heavy atom. The Balaban J connectivity index is 1.68. The van der Waals surface area contributed by atoms with Gasteiger partial charge in [0, 0.05) is 27.1 Å². The molecular formula is C22H14ClF2N3O2S. The molecule has 0 bridgehead atoms. The molecule has 0 saturated carbocycles. The van der Waals surface area contributed by atoms with Crippen LogP contribution in [0.25, 0.3) is 17.4 Å².